The molecule has 0 N–H and O–H groups in total. The lowest BCUT2D eigenvalue weighted by Crippen LogP contribution is -2.38. The molecule has 0 heterocycles. The van der Waals surface area contributed by atoms with E-state index in [0.717, 1.165) is 19.3 Å². The van der Waals surface area contributed by atoms with Crippen molar-refractivity contribution in [3.63, 3.8) is 0 Å². The molecule has 0 unspecified atom stereocenters. The third kappa shape index (κ3) is 9.59. The molecule has 0 aliphatic carbocycles. The summed E-state index contributed by atoms with van der Waals surface area (Å²) < 4.78 is 10.6. The van der Waals surface area contributed by atoms with Crippen molar-refractivity contribution in [3.8, 4) is 5.75 Å². The summed E-state index contributed by atoms with van der Waals surface area (Å²) in [7, 11) is 0. The van der Waals surface area contributed by atoms with E-state index in [4.69, 9.17) is 21.1 Å². The van der Waals surface area contributed by atoms with Crippen LogP contribution in [0.1, 0.15) is 85.0 Å². The van der Waals surface area contributed by atoms with Crippen LogP contribution in [-0.4, -0.2) is 18.5 Å². The number of halogens is 1. The molecule has 5 heteroatoms. The van der Waals surface area contributed by atoms with Crippen LogP contribution < -0.4 is 4.74 Å². The zero-order chi connectivity index (χ0) is 20.8. The highest BCUT2D eigenvalue weighted by atomic mass is 35.5. The summed E-state index contributed by atoms with van der Waals surface area (Å²) in [6.07, 6.45) is 12.2. The van der Waals surface area contributed by atoms with Gasteiger partial charge >= 0.3 is 11.9 Å². The van der Waals surface area contributed by atoms with Gasteiger partial charge in [0.05, 0.1) is 6.61 Å². The van der Waals surface area contributed by atoms with Crippen molar-refractivity contribution in [2.75, 3.05) is 6.61 Å². The van der Waals surface area contributed by atoms with Crippen LogP contribution in [0.5, 0.6) is 5.75 Å². The maximum atomic E-state index is 12.3. The molecule has 0 amide bonds. The molecule has 0 bridgehead atoms. The van der Waals surface area contributed by atoms with E-state index < -0.39 is 17.4 Å². The summed E-state index contributed by atoms with van der Waals surface area (Å²) in [6.45, 7) is 5.61. The van der Waals surface area contributed by atoms with Crippen LogP contribution in [0, 0.1) is 5.41 Å². The van der Waals surface area contributed by atoms with Crippen LogP contribution in [0.25, 0.3) is 0 Å². The Bertz CT molecular complexity index is 581. The highest BCUT2D eigenvalue weighted by molar-refractivity contribution is 6.30. The van der Waals surface area contributed by atoms with Gasteiger partial charge in [-0.3, -0.25) is 9.59 Å². The molecular formula is C23H35ClO4. The quantitative estimate of drug-likeness (QED) is 0.147. The second kappa shape index (κ2) is 13.6. The molecule has 0 aromatic heterocycles. The molecule has 158 valence electrons. The fourth-order valence-corrected chi connectivity index (χ4v) is 2.88. The van der Waals surface area contributed by atoms with Crippen LogP contribution in [0.2, 0.25) is 5.02 Å². The Morgan fingerprint density at radius 2 is 1.32 bits per heavy atom. The lowest BCUT2D eigenvalue weighted by molar-refractivity contribution is -0.164. The first-order chi connectivity index (χ1) is 13.4. The average molecular weight is 411 g/mol. The summed E-state index contributed by atoms with van der Waals surface area (Å²) in [5, 5.41) is 0.551. The monoisotopic (exact) mass is 410 g/mol. The molecule has 0 atom stereocenters. The van der Waals surface area contributed by atoms with E-state index in [1.807, 2.05) is 0 Å². The molecule has 0 aliphatic rings. The zero-order valence-corrected chi connectivity index (χ0v) is 18.4. The van der Waals surface area contributed by atoms with Gasteiger partial charge in [0.1, 0.15) is 5.75 Å². The number of ether oxygens (including phenoxy) is 2. The lowest BCUT2D eigenvalue weighted by Gasteiger charge is -2.20. The van der Waals surface area contributed by atoms with E-state index in [-0.39, 0.29) is 0 Å². The molecule has 1 aromatic rings. The van der Waals surface area contributed by atoms with Gasteiger partial charge in [-0.2, -0.15) is 0 Å². The van der Waals surface area contributed by atoms with Gasteiger partial charge in [0.2, 0.25) is 0 Å². The number of unbranched alkanes of at least 4 members (excludes halogenated alkanes) is 9. The maximum Gasteiger partial charge on any atom is 0.328 e. The Morgan fingerprint density at radius 3 is 1.86 bits per heavy atom. The van der Waals surface area contributed by atoms with E-state index in [1.165, 1.54) is 58.8 Å². The van der Waals surface area contributed by atoms with Crippen molar-refractivity contribution in [3.05, 3.63) is 29.3 Å². The zero-order valence-electron chi connectivity index (χ0n) is 17.6. The average Bonchev–Trinajstić information content (AvgIpc) is 2.67. The fourth-order valence-electron chi connectivity index (χ4n) is 2.76. The van der Waals surface area contributed by atoms with E-state index in [0.29, 0.717) is 17.4 Å². The van der Waals surface area contributed by atoms with E-state index in [1.54, 1.807) is 24.3 Å². The van der Waals surface area contributed by atoms with Gasteiger partial charge in [-0.05, 0) is 44.5 Å². The maximum absolute atomic E-state index is 12.3. The highest BCUT2D eigenvalue weighted by Crippen LogP contribution is 2.23. The SMILES string of the molecule is CCCCCCCCCCCCOC(=O)C(C)(C)C(=O)Oc1ccc(Cl)cc1. The minimum absolute atomic E-state index is 0.340. The van der Waals surface area contributed by atoms with Crippen LogP contribution in [0.3, 0.4) is 0 Å². The smallest absolute Gasteiger partial charge is 0.328 e. The summed E-state index contributed by atoms with van der Waals surface area (Å²) in [6, 6.07) is 6.43. The number of rotatable bonds is 14. The molecule has 0 aliphatic heterocycles. The Balaban J connectivity index is 2.17. The minimum atomic E-state index is -1.35. The predicted octanol–water partition coefficient (Wildman–Crippen LogP) is 6.74. The van der Waals surface area contributed by atoms with Crippen LogP contribution in [0.4, 0.5) is 0 Å². The van der Waals surface area contributed by atoms with E-state index in [9.17, 15) is 9.59 Å². The predicted molar refractivity (Wildman–Crippen MR) is 114 cm³/mol. The number of esters is 2. The first-order valence-corrected chi connectivity index (χ1v) is 10.9. The topological polar surface area (TPSA) is 52.6 Å². The third-order valence-electron chi connectivity index (χ3n) is 4.78. The second-order valence-corrected chi connectivity index (χ2v) is 8.22. The Hall–Kier alpha value is -1.55. The number of benzene rings is 1. The number of hydrogen-bond donors (Lipinski definition) is 0. The van der Waals surface area contributed by atoms with Crippen molar-refractivity contribution in [1.82, 2.24) is 0 Å². The molecule has 0 spiro atoms. The van der Waals surface area contributed by atoms with Gasteiger partial charge in [0.25, 0.3) is 0 Å². The van der Waals surface area contributed by atoms with Gasteiger partial charge < -0.3 is 9.47 Å². The first kappa shape index (κ1) is 24.5. The molecule has 0 fully saturated rings. The number of carbonyl (C=O) groups excluding carboxylic acids is 2. The van der Waals surface area contributed by atoms with Crippen molar-refractivity contribution in [1.29, 1.82) is 0 Å². The molecule has 0 radical (unpaired) electrons. The molecule has 1 aromatic carbocycles. The number of hydrogen-bond acceptors (Lipinski definition) is 4. The fraction of sp³-hybridized carbons (Fsp3) is 0.652. The van der Waals surface area contributed by atoms with Crippen molar-refractivity contribution in [2.24, 2.45) is 5.41 Å². The highest BCUT2D eigenvalue weighted by Gasteiger charge is 2.39. The van der Waals surface area contributed by atoms with Crippen LogP contribution >= 0.6 is 11.6 Å². The minimum Gasteiger partial charge on any atom is -0.465 e. The normalized spacial score (nSPS) is 11.3. The molecule has 1 rings (SSSR count). The molecular weight excluding hydrogens is 376 g/mol. The van der Waals surface area contributed by atoms with Crippen LogP contribution in [-0.2, 0) is 14.3 Å². The van der Waals surface area contributed by atoms with Gasteiger partial charge in [-0.15, -0.1) is 0 Å². The molecule has 0 saturated carbocycles. The molecule has 4 nitrogen and oxygen atoms in total. The van der Waals surface area contributed by atoms with Crippen molar-refractivity contribution < 1.29 is 19.1 Å². The van der Waals surface area contributed by atoms with Gasteiger partial charge in [0.15, 0.2) is 5.41 Å². The summed E-state index contributed by atoms with van der Waals surface area (Å²) in [5.74, 6) is -0.838. The molecule has 28 heavy (non-hydrogen) atoms. The van der Waals surface area contributed by atoms with Crippen molar-refractivity contribution >= 4 is 23.5 Å². The van der Waals surface area contributed by atoms with Gasteiger partial charge in [0, 0.05) is 5.02 Å². The largest absolute Gasteiger partial charge is 0.465 e. The van der Waals surface area contributed by atoms with Crippen molar-refractivity contribution in [2.45, 2.75) is 85.0 Å². The third-order valence-corrected chi connectivity index (χ3v) is 5.03. The molecule has 0 saturated heterocycles. The number of carbonyl (C=O) groups is 2. The standard InChI is InChI=1S/C23H35ClO4/c1-4-5-6-7-8-9-10-11-12-13-18-27-21(25)23(2,3)22(26)28-20-16-14-19(24)15-17-20/h14-17H,4-13,18H2,1-3H3. The first-order valence-electron chi connectivity index (χ1n) is 10.5. The van der Waals surface area contributed by atoms with E-state index >= 15 is 0 Å². The van der Waals surface area contributed by atoms with Crippen LogP contribution in [0.15, 0.2) is 24.3 Å². The lowest BCUT2D eigenvalue weighted by atomic mass is 9.94. The Kier molecular flexibility index (Phi) is 11.9. The summed E-state index contributed by atoms with van der Waals surface area (Å²) in [4.78, 5) is 24.6. The Labute approximate surface area is 174 Å². The van der Waals surface area contributed by atoms with Gasteiger partial charge in [-0.25, -0.2) is 0 Å². The van der Waals surface area contributed by atoms with E-state index in [2.05, 4.69) is 6.92 Å². The summed E-state index contributed by atoms with van der Waals surface area (Å²) in [5.41, 5.74) is -1.35. The van der Waals surface area contributed by atoms with Gasteiger partial charge in [-0.1, -0.05) is 76.3 Å². The summed E-state index contributed by atoms with van der Waals surface area (Å²) >= 11 is 5.81. The Morgan fingerprint density at radius 1 is 0.821 bits per heavy atom. The second-order valence-electron chi connectivity index (χ2n) is 7.79.